The summed E-state index contributed by atoms with van der Waals surface area (Å²) in [6.07, 6.45) is 3.53. The van der Waals surface area contributed by atoms with Gasteiger partial charge in [0.1, 0.15) is 5.75 Å². The molecule has 1 aromatic rings. The van der Waals surface area contributed by atoms with Gasteiger partial charge >= 0.3 is 5.97 Å². The van der Waals surface area contributed by atoms with E-state index in [1.165, 1.54) is 6.08 Å². The Bertz CT molecular complexity index is 468. The lowest BCUT2D eigenvalue weighted by atomic mass is 10.2. The molecule has 1 amide bonds. The first kappa shape index (κ1) is 14.8. The highest BCUT2D eigenvalue weighted by molar-refractivity contribution is 5.92. The second-order valence-electron chi connectivity index (χ2n) is 3.86. The summed E-state index contributed by atoms with van der Waals surface area (Å²) in [5, 5.41) is 11.1. The Morgan fingerprint density at radius 3 is 2.79 bits per heavy atom. The quantitative estimate of drug-likeness (QED) is 0.580. The summed E-state index contributed by atoms with van der Waals surface area (Å²) < 4.78 is 5.15. The van der Waals surface area contributed by atoms with Crippen molar-refractivity contribution >= 4 is 18.0 Å². The van der Waals surface area contributed by atoms with Crippen LogP contribution < -0.4 is 10.1 Å². The molecule has 0 spiro atoms. The van der Waals surface area contributed by atoms with Crippen LogP contribution in [0.5, 0.6) is 5.75 Å². The zero-order valence-corrected chi connectivity index (χ0v) is 10.8. The number of benzene rings is 1. The van der Waals surface area contributed by atoms with Gasteiger partial charge in [-0.3, -0.25) is 9.59 Å². The van der Waals surface area contributed by atoms with E-state index in [0.717, 1.165) is 5.56 Å². The van der Waals surface area contributed by atoms with Crippen LogP contribution in [0.25, 0.3) is 6.08 Å². The summed E-state index contributed by atoms with van der Waals surface area (Å²) in [6, 6.07) is 7.35. The Hall–Kier alpha value is -2.30. The van der Waals surface area contributed by atoms with Crippen molar-refractivity contribution in [3.63, 3.8) is 0 Å². The van der Waals surface area contributed by atoms with E-state index in [2.05, 4.69) is 5.32 Å². The summed E-state index contributed by atoms with van der Waals surface area (Å²) in [4.78, 5) is 21.8. The lowest BCUT2D eigenvalue weighted by molar-refractivity contribution is -0.137. The van der Waals surface area contributed by atoms with Gasteiger partial charge in [0.2, 0.25) is 5.91 Å². The van der Waals surface area contributed by atoms with E-state index >= 15 is 0 Å². The van der Waals surface area contributed by atoms with E-state index in [-0.39, 0.29) is 12.3 Å². The third-order valence-corrected chi connectivity index (χ3v) is 2.42. The first-order valence-corrected chi connectivity index (χ1v) is 5.94. The normalized spacial score (nSPS) is 10.4. The highest BCUT2D eigenvalue weighted by atomic mass is 16.5. The number of carbonyl (C=O) groups is 2. The number of para-hydroxylation sites is 1. The Balaban J connectivity index is 2.43. The minimum atomic E-state index is -0.862. The number of rotatable bonds is 7. The molecule has 19 heavy (non-hydrogen) atoms. The first-order valence-electron chi connectivity index (χ1n) is 5.94. The lowest BCUT2D eigenvalue weighted by Gasteiger charge is -2.03. The van der Waals surface area contributed by atoms with Crippen LogP contribution in [0, 0.1) is 0 Å². The minimum absolute atomic E-state index is 0.0521. The summed E-state index contributed by atoms with van der Waals surface area (Å²) in [5.41, 5.74) is 0.811. The molecular formula is C14H17NO4. The smallest absolute Gasteiger partial charge is 0.303 e. The average Bonchev–Trinajstić information content (AvgIpc) is 2.41. The molecule has 0 aliphatic rings. The van der Waals surface area contributed by atoms with Crippen LogP contribution in [0.4, 0.5) is 0 Å². The number of ether oxygens (including phenoxy) is 1. The van der Waals surface area contributed by atoms with Crippen LogP contribution in [-0.4, -0.2) is 30.6 Å². The molecule has 0 aliphatic carbocycles. The largest absolute Gasteiger partial charge is 0.496 e. The fourth-order valence-electron chi connectivity index (χ4n) is 1.48. The second-order valence-corrected chi connectivity index (χ2v) is 3.86. The minimum Gasteiger partial charge on any atom is -0.496 e. The van der Waals surface area contributed by atoms with Gasteiger partial charge in [-0.1, -0.05) is 18.2 Å². The van der Waals surface area contributed by atoms with Crippen molar-refractivity contribution in [2.75, 3.05) is 13.7 Å². The van der Waals surface area contributed by atoms with E-state index in [1.54, 1.807) is 13.2 Å². The fourth-order valence-corrected chi connectivity index (χ4v) is 1.48. The number of hydrogen-bond donors (Lipinski definition) is 2. The van der Waals surface area contributed by atoms with Crippen molar-refractivity contribution in [1.82, 2.24) is 5.32 Å². The molecule has 0 heterocycles. The van der Waals surface area contributed by atoms with Crippen LogP contribution in [0.2, 0.25) is 0 Å². The maximum absolute atomic E-state index is 11.5. The Morgan fingerprint density at radius 2 is 2.11 bits per heavy atom. The van der Waals surface area contributed by atoms with E-state index in [0.29, 0.717) is 18.7 Å². The molecule has 0 atom stereocenters. The highest BCUT2D eigenvalue weighted by Crippen LogP contribution is 2.18. The fraction of sp³-hybridized carbons (Fsp3) is 0.286. The third-order valence-electron chi connectivity index (χ3n) is 2.42. The Morgan fingerprint density at radius 1 is 1.37 bits per heavy atom. The van der Waals surface area contributed by atoms with Crippen molar-refractivity contribution in [3.8, 4) is 5.75 Å². The standard InChI is InChI=1S/C14H17NO4/c1-19-12-6-3-2-5-11(12)8-9-13(16)15-10-4-7-14(17)18/h2-3,5-6,8-9H,4,7,10H2,1H3,(H,15,16)(H,17,18)/b9-8+. The summed E-state index contributed by atoms with van der Waals surface area (Å²) >= 11 is 0. The number of carbonyl (C=O) groups excluding carboxylic acids is 1. The predicted molar refractivity (Wildman–Crippen MR) is 71.9 cm³/mol. The molecule has 0 bridgehead atoms. The molecule has 5 heteroatoms. The monoisotopic (exact) mass is 263 g/mol. The van der Waals surface area contributed by atoms with Crippen molar-refractivity contribution in [1.29, 1.82) is 0 Å². The SMILES string of the molecule is COc1ccccc1/C=C/C(=O)NCCCC(=O)O. The number of hydrogen-bond acceptors (Lipinski definition) is 3. The number of aliphatic carboxylic acids is 1. The van der Waals surface area contributed by atoms with Crippen molar-refractivity contribution in [3.05, 3.63) is 35.9 Å². The van der Waals surface area contributed by atoms with Crippen LogP contribution in [-0.2, 0) is 9.59 Å². The molecule has 1 aromatic carbocycles. The Labute approximate surface area is 111 Å². The second kappa shape index (κ2) is 7.92. The van der Waals surface area contributed by atoms with Gasteiger partial charge in [0.05, 0.1) is 7.11 Å². The highest BCUT2D eigenvalue weighted by Gasteiger charge is 2.00. The van der Waals surface area contributed by atoms with E-state index in [1.807, 2.05) is 24.3 Å². The van der Waals surface area contributed by atoms with E-state index < -0.39 is 5.97 Å². The number of amides is 1. The lowest BCUT2D eigenvalue weighted by Crippen LogP contribution is -2.22. The van der Waals surface area contributed by atoms with Gasteiger partial charge in [0, 0.05) is 24.6 Å². The summed E-state index contributed by atoms with van der Waals surface area (Å²) in [7, 11) is 1.57. The van der Waals surface area contributed by atoms with Crippen LogP contribution in [0.1, 0.15) is 18.4 Å². The molecule has 0 saturated carbocycles. The molecule has 0 aromatic heterocycles. The van der Waals surface area contributed by atoms with Crippen molar-refractivity contribution in [2.24, 2.45) is 0 Å². The van der Waals surface area contributed by atoms with E-state index in [4.69, 9.17) is 9.84 Å². The molecule has 0 aliphatic heterocycles. The third kappa shape index (κ3) is 5.72. The maximum Gasteiger partial charge on any atom is 0.303 e. The predicted octanol–water partition coefficient (Wildman–Crippen LogP) is 1.69. The van der Waals surface area contributed by atoms with Gasteiger partial charge < -0.3 is 15.2 Å². The molecule has 0 saturated heterocycles. The van der Waals surface area contributed by atoms with Gasteiger partial charge in [0.25, 0.3) is 0 Å². The number of nitrogens with one attached hydrogen (secondary N) is 1. The molecule has 1 rings (SSSR count). The van der Waals surface area contributed by atoms with Gasteiger partial charge in [-0.15, -0.1) is 0 Å². The summed E-state index contributed by atoms with van der Waals surface area (Å²) in [6.45, 7) is 0.349. The number of methoxy groups -OCH3 is 1. The van der Waals surface area contributed by atoms with Gasteiger partial charge in [-0.2, -0.15) is 0 Å². The van der Waals surface area contributed by atoms with E-state index in [9.17, 15) is 9.59 Å². The molecule has 0 radical (unpaired) electrons. The van der Waals surface area contributed by atoms with Gasteiger partial charge in [0.15, 0.2) is 0 Å². The van der Waals surface area contributed by atoms with Gasteiger partial charge in [-0.05, 0) is 18.6 Å². The number of carboxylic acids is 1. The first-order chi connectivity index (χ1) is 9.13. The molecule has 0 fully saturated rings. The van der Waals surface area contributed by atoms with Crippen molar-refractivity contribution < 1.29 is 19.4 Å². The van der Waals surface area contributed by atoms with Gasteiger partial charge in [-0.25, -0.2) is 0 Å². The average molecular weight is 263 g/mol. The zero-order valence-electron chi connectivity index (χ0n) is 10.8. The Kier molecular flexibility index (Phi) is 6.15. The van der Waals surface area contributed by atoms with Crippen molar-refractivity contribution in [2.45, 2.75) is 12.8 Å². The zero-order chi connectivity index (χ0) is 14.1. The summed E-state index contributed by atoms with van der Waals surface area (Å²) in [5.74, 6) is -0.424. The molecule has 5 nitrogen and oxygen atoms in total. The molecule has 2 N–H and O–H groups in total. The van der Waals surface area contributed by atoms with Crippen LogP contribution in [0.15, 0.2) is 30.3 Å². The molecule has 0 unspecified atom stereocenters. The van der Waals surface area contributed by atoms with Crippen LogP contribution >= 0.6 is 0 Å². The molecular weight excluding hydrogens is 246 g/mol. The molecule has 102 valence electrons. The topological polar surface area (TPSA) is 75.6 Å². The van der Waals surface area contributed by atoms with Crippen LogP contribution in [0.3, 0.4) is 0 Å². The number of carboxylic acid groups (broad SMARTS) is 1. The maximum atomic E-state index is 11.5.